The molecule has 16 heteroatoms. The van der Waals surface area contributed by atoms with Gasteiger partial charge in [0, 0.05) is 26.7 Å². The van der Waals surface area contributed by atoms with Crippen molar-refractivity contribution >= 4 is 20.2 Å². The Hall–Kier alpha value is -3.21. The fourth-order valence-corrected chi connectivity index (χ4v) is 5.43. The number of aromatic nitrogens is 3. The van der Waals surface area contributed by atoms with Crippen LogP contribution in [0.1, 0.15) is 18.4 Å². The highest BCUT2D eigenvalue weighted by molar-refractivity contribution is 7.89. The van der Waals surface area contributed by atoms with E-state index in [4.69, 9.17) is 4.74 Å². The Morgan fingerprint density at radius 1 is 0.946 bits per heavy atom. The van der Waals surface area contributed by atoms with Crippen molar-refractivity contribution in [3.05, 3.63) is 60.4 Å². The van der Waals surface area contributed by atoms with Crippen molar-refractivity contribution in [1.29, 1.82) is 0 Å². The van der Waals surface area contributed by atoms with Gasteiger partial charge in [-0.3, -0.25) is 0 Å². The summed E-state index contributed by atoms with van der Waals surface area (Å²) in [5.74, 6) is 0.275. The lowest BCUT2D eigenvalue weighted by Crippen LogP contribution is -2.34. The van der Waals surface area contributed by atoms with E-state index in [0.29, 0.717) is 28.2 Å². The van der Waals surface area contributed by atoms with Crippen molar-refractivity contribution in [2.75, 3.05) is 14.1 Å². The van der Waals surface area contributed by atoms with Crippen LogP contribution >= 0.6 is 0 Å². The van der Waals surface area contributed by atoms with Crippen LogP contribution in [-0.2, 0) is 26.8 Å². The highest BCUT2D eigenvalue weighted by Crippen LogP contribution is 2.33. The summed E-state index contributed by atoms with van der Waals surface area (Å²) in [6, 6.07) is 11.1. The molecular formula is C21H22F3N5O6S2. The molecule has 0 saturated heterocycles. The number of halogens is 3. The van der Waals surface area contributed by atoms with Gasteiger partial charge in [0.05, 0.1) is 0 Å². The summed E-state index contributed by atoms with van der Waals surface area (Å²) in [5, 5.41) is 3.07. The van der Waals surface area contributed by atoms with Crippen LogP contribution in [0.25, 0.3) is 0 Å². The number of ether oxygens (including phenoxy) is 2. The second-order valence-electron chi connectivity index (χ2n) is 8.24. The molecule has 0 spiro atoms. The molecule has 11 nitrogen and oxygen atoms in total. The molecule has 0 atom stereocenters. The molecule has 37 heavy (non-hydrogen) atoms. The van der Waals surface area contributed by atoms with Crippen LogP contribution in [0.3, 0.4) is 0 Å². The molecule has 0 N–H and O–H groups in total. The van der Waals surface area contributed by atoms with Gasteiger partial charge in [-0.2, -0.15) is 17.0 Å². The first kappa shape index (κ1) is 26.8. The maximum Gasteiger partial charge on any atom is 0.573 e. The van der Waals surface area contributed by atoms with Gasteiger partial charge in [0.2, 0.25) is 0 Å². The van der Waals surface area contributed by atoms with Crippen molar-refractivity contribution in [1.82, 2.24) is 22.8 Å². The van der Waals surface area contributed by atoms with Gasteiger partial charge in [-0.25, -0.2) is 13.4 Å². The second kappa shape index (κ2) is 9.92. The first-order valence-corrected chi connectivity index (χ1v) is 13.6. The first-order chi connectivity index (χ1) is 17.3. The van der Waals surface area contributed by atoms with Crippen molar-refractivity contribution in [2.45, 2.75) is 36.9 Å². The average Bonchev–Trinajstić information content (AvgIpc) is 3.51. The average molecular weight is 562 g/mol. The fraction of sp³-hybridized carbons (Fsp3) is 0.333. The zero-order valence-corrected chi connectivity index (χ0v) is 21.2. The van der Waals surface area contributed by atoms with Crippen molar-refractivity contribution < 1.29 is 39.5 Å². The minimum atomic E-state index is -4.79. The zero-order valence-electron chi connectivity index (χ0n) is 19.5. The molecule has 1 aliphatic carbocycles. The van der Waals surface area contributed by atoms with Gasteiger partial charge in [-0.1, -0.05) is 12.1 Å². The van der Waals surface area contributed by atoms with E-state index in [9.17, 15) is 30.0 Å². The number of rotatable bonds is 10. The van der Waals surface area contributed by atoms with E-state index in [1.54, 1.807) is 24.3 Å². The molecule has 0 amide bonds. The molecule has 1 aliphatic rings. The van der Waals surface area contributed by atoms with E-state index in [1.165, 1.54) is 30.5 Å². The summed E-state index contributed by atoms with van der Waals surface area (Å²) >= 11 is 0. The van der Waals surface area contributed by atoms with E-state index in [1.807, 2.05) is 0 Å². The monoisotopic (exact) mass is 561 g/mol. The zero-order chi connectivity index (χ0) is 27.0. The van der Waals surface area contributed by atoms with E-state index in [-0.39, 0.29) is 24.1 Å². The molecule has 200 valence electrons. The third-order valence-electron chi connectivity index (χ3n) is 5.20. The number of benzene rings is 2. The molecule has 1 aromatic heterocycles. The summed E-state index contributed by atoms with van der Waals surface area (Å²) in [6.07, 6.45) is -2.67. The maximum atomic E-state index is 13.2. The van der Waals surface area contributed by atoms with Crippen molar-refractivity contribution in [2.24, 2.45) is 0 Å². The van der Waals surface area contributed by atoms with E-state index in [0.717, 1.165) is 22.8 Å². The van der Waals surface area contributed by atoms with Gasteiger partial charge in [0.15, 0.2) is 0 Å². The van der Waals surface area contributed by atoms with Crippen LogP contribution in [0.5, 0.6) is 17.2 Å². The molecule has 1 fully saturated rings. The predicted octanol–water partition coefficient (Wildman–Crippen LogP) is 2.98. The molecule has 0 aliphatic heterocycles. The number of alkyl halides is 3. The van der Waals surface area contributed by atoms with E-state index in [2.05, 4.69) is 14.8 Å². The number of nitrogens with zero attached hydrogens (tertiary/aromatic N) is 5. The lowest BCUT2D eigenvalue weighted by molar-refractivity contribution is -0.274. The summed E-state index contributed by atoms with van der Waals surface area (Å²) in [5.41, 5.74) is 0.622. The molecule has 4 rings (SSSR count). The predicted molar refractivity (Wildman–Crippen MR) is 123 cm³/mol. The summed E-state index contributed by atoms with van der Waals surface area (Å²) < 4.78 is 99.8. The van der Waals surface area contributed by atoms with E-state index >= 15 is 0 Å². The van der Waals surface area contributed by atoms with Gasteiger partial charge < -0.3 is 9.47 Å². The van der Waals surface area contributed by atoms with Crippen molar-refractivity contribution in [3.63, 3.8) is 0 Å². The molecular weight excluding hydrogens is 539 g/mol. The van der Waals surface area contributed by atoms with Crippen LogP contribution in [0.2, 0.25) is 0 Å². The number of hydrogen-bond acceptors (Lipinski definition) is 8. The van der Waals surface area contributed by atoms with Crippen LogP contribution in [0, 0.1) is 0 Å². The lowest BCUT2D eigenvalue weighted by Gasteiger charge is -2.20. The smallest absolute Gasteiger partial charge is 0.457 e. The van der Waals surface area contributed by atoms with Crippen LogP contribution in [0.4, 0.5) is 13.2 Å². The minimum Gasteiger partial charge on any atom is -0.457 e. The third-order valence-corrected chi connectivity index (χ3v) is 8.46. The third kappa shape index (κ3) is 6.38. The SMILES string of the molecule is CN(C)S(=O)(=O)n1cnc(S(=O)(=O)N(Cc2ccc(Oc3ccc(OC(F)(F)F)cc3)cc2)C2CC2)n1. The number of sulfonamides is 1. The molecule has 0 bridgehead atoms. The minimum absolute atomic E-state index is 0.00821. The maximum absolute atomic E-state index is 13.2. The molecule has 0 unspecified atom stereocenters. The highest BCUT2D eigenvalue weighted by atomic mass is 32.2. The molecule has 1 saturated carbocycles. The lowest BCUT2D eigenvalue weighted by atomic mass is 10.2. The van der Waals surface area contributed by atoms with Gasteiger partial charge >= 0.3 is 16.6 Å². The standard InChI is InChI=1S/C21H22F3N5O6S2/c1-27(2)37(32,33)29-14-25-20(26-29)36(30,31)28(16-5-6-16)13-15-3-7-17(8-4-15)34-18-9-11-19(12-10-18)35-21(22,23)24/h3-4,7-12,14,16H,5-6,13H2,1-2H3. The Bertz CT molecular complexity index is 1450. The Morgan fingerprint density at radius 3 is 2.00 bits per heavy atom. The highest BCUT2D eigenvalue weighted by Gasteiger charge is 2.40. The molecule has 0 radical (unpaired) electrons. The van der Waals surface area contributed by atoms with Gasteiger partial charge in [-0.05, 0) is 54.8 Å². The largest absolute Gasteiger partial charge is 0.573 e. The Labute approximate surface area is 211 Å². The summed E-state index contributed by atoms with van der Waals surface area (Å²) in [6.45, 7) is -0.00821. The fourth-order valence-electron chi connectivity index (χ4n) is 3.20. The van der Waals surface area contributed by atoms with Crippen LogP contribution in [-0.4, -0.2) is 66.1 Å². The second-order valence-corrected chi connectivity index (χ2v) is 12.0. The molecule has 2 aromatic carbocycles. The Morgan fingerprint density at radius 2 is 1.49 bits per heavy atom. The van der Waals surface area contributed by atoms with Crippen LogP contribution in [0.15, 0.2) is 60.0 Å². The molecule has 3 aromatic rings. The summed E-state index contributed by atoms with van der Waals surface area (Å²) in [4.78, 5) is 3.72. The van der Waals surface area contributed by atoms with Gasteiger partial charge in [0.25, 0.3) is 15.2 Å². The number of hydrogen-bond donors (Lipinski definition) is 0. The topological polar surface area (TPSA) is 124 Å². The summed E-state index contributed by atoms with van der Waals surface area (Å²) in [7, 11) is -5.65. The van der Waals surface area contributed by atoms with Crippen molar-refractivity contribution in [3.8, 4) is 17.2 Å². The Kier molecular flexibility index (Phi) is 7.20. The van der Waals surface area contributed by atoms with Crippen LogP contribution < -0.4 is 9.47 Å². The molecule has 1 heterocycles. The van der Waals surface area contributed by atoms with Gasteiger partial charge in [0.1, 0.15) is 23.6 Å². The van der Waals surface area contributed by atoms with Gasteiger partial charge in [-0.15, -0.1) is 22.4 Å². The first-order valence-electron chi connectivity index (χ1n) is 10.7. The normalized spacial score (nSPS) is 14.8. The Balaban J connectivity index is 1.46. The quantitative estimate of drug-likeness (QED) is 0.370. The van der Waals surface area contributed by atoms with E-state index < -0.39 is 31.8 Å².